The number of hydrogen-bond donors (Lipinski definition) is 1. The van der Waals surface area contributed by atoms with Crippen LogP contribution in [0.5, 0.6) is 0 Å². The van der Waals surface area contributed by atoms with Crippen molar-refractivity contribution in [3.8, 4) is 11.4 Å². The van der Waals surface area contributed by atoms with Crippen LogP contribution in [0, 0.1) is 0 Å². The van der Waals surface area contributed by atoms with Crippen molar-refractivity contribution < 1.29 is 0 Å². The lowest BCUT2D eigenvalue weighted by Gasteiger charge is -2.35. The normalized spacial score (nSPS) is 16.7. The summed E-state index contributed by atoms with van der Waals surface area (Å²) >= 11 is 0. The van der Waals surface area contributed by atoms with E-state index in [2.05, 4.69) is 62.6 Å². The number of aromatic nitrogens is 4. The summed E-state index contributed by atoms with van der Waals surface area (Å²) in [6.45, 7) is 2.31. The van der Waals surface area contributed by atoms with Gasteiger partial charge in [-0.1, -0.05) is 36.4 Å². The van der Waals surface area contributed by atoms with E-state index in [1.807, 2.05) is 0 Å². The van der Waals surface area contributed by atoms with Crippen LogP contribution in [0.3, 0.4) is 0 Å². The molecular weight excluding hydrogens is 376 g/mol. The molecule has 1 aliphatic heterocycles. The fourth-order valence-electron chi connectivity index (χ4n) is 3.96. The van der Waals surface area contributed by atoms with Gasteiger partial charge in [-0.05, 0) is 28.5 Å². The van der Waals surface area contributed by atoms with E-state index in [4.69, 9.17) is 4.98 Å². The number of rotatable bonds is 3. The second-order valence-corrected chi connectivity index (χ2v) is 7.49. The molecule has 0 aliphatic carbocycles. The van der Waals surface area contributed by atoms with Crippen LogP contribution in [0.1, 0.15) is 11.6 Å². The van der Waals surface area contributed by atoms with Crippen LogP contribution in [-0.2, 0) is 7.05 Å². The average molecular weight is 398 g/mol. The van der Waals surface area contributed by atoms with E-state index < -0.39 is 0 Å². The molecule has 0 radical (unpaired) electrons. The molecule has 7 heteroatoms. The lowest BCUT2D eigenvalue weighted by atomic mass is 10.0. The van der Waals surface area contributed by atoms with Crippen molar-refractivity contribution >= 4 is 16.7 Å². The Morgan fingerprint density at radius 2 is 1.90 bits per heavy atom. The fourth-order valence-corrected chi connectivity index (χ4v) is 3.96. The van der Waals surface area contributed by atoms with Gasteiger partial charge in [0.1, 0.15) is 6.33 Å². The number of fused-ring (bicyclic) bond motifs is 1. The molecule has 1 N–H and O–H groups in total. The van der Waals surface area contributed by atoms with E-state index in [1.165, 1.54) is 28.7 Å². The Morgan fingerprint density at radius 1 is 1.03 bits per heavy atom. The molecule has 1 aliphatic rings. The van der Waals surface area contributed by atoms with Gasteiger partial charge in [0.2, 0.25) is 5.95 Å². The Kier molecular flexibility index (Phi) is 4.72. The van der Waals surface area contributed by atoms with Crippen LogP contribution in [0.25, 0.3) is 22.2 Å². The van der Waals surface area contributed by atoms with E-state index in [1.54, 1.807) is 23.9 Å². The predicted molar refractivity (Wildman–Crippen MR) is 117 cm³/mol. The van der Waals surface area contributed by atoms with Gasteiger partial charge in [-0.15, -0.1) is 0 Å². The highest BCUT2D eigenvalue weighted by Crippen LogP contribution is 2.25. The van der Waals surface area contributed by atoms with Crippen LogP contribution in [0.15, 0.2) is 71.9 Å². The van der Waals surface area contributed by atoms with Crippen molar-refractivity contribution in [3.63, 3.8) is 0 Å². The lowest BCUT2D eigenvalue weighted by Crippen LogP contribution is -2.47. The summed E-state index contributed by atoms with van der Waals surface area (Å²) in [6, 6.07) is 18.4. The minimum absolute atomic E-state index is 0.102. The molecule has 5 rings (SSSR count). The molecule has 3 heterocycles. The molecule has 7 nitrogen and oxygen atoms in total. The van der Waals surface area contributed by atoms with E-state index in [9.17, 15) is 4.79 Å². The summed E-state index contributed by atoms with van der Waals surface area (Å²) in [7, 11) is 1.77. The number of nitrogens with one attached hydrogen (secondary N) is 1. The zero-order chi connectivity index (χ0) is 20.5. The number of piperazine rings is 1. The monoisotopic (exact) mass is 398 g/mol. The molecular formula is C23H22N6O. The molecule has 0 spiro atoms. The summed E-state index contributed by atoms with van der Waals surface area (Å²) in [6.07, 6.45) is 3.12. The smallest absolute Gasteiger partial charge is 0.255 e. The molecule has 1 unspecified atom stereocenters. The molecule has 30 heavy (non-hydrogen) atoms. The van der Waals surface area contributed by atoms with Gasteiger partial charge in [0.15, 0.2) is 0 Å². The average Bonchev–Trinajstić information content (AvgIpc) is 2.81. The zero-order valence-electron chi connectivity index (χ0n) is 16.7. The first kappa shape index (κ1) is 18.4. The summed E-state index contributed by atoms with van der Waals surface area (Å²) in [4.78, 5) is 27.7. The number of nitrogens with zero attached hydrogens (tertiary/aromatic N) is 5. The first-order valence-corrected chi connectivity index (χ1v) is 10.0. The Morgan fingerprint density at radius 3 is 2.73 bits per heavy atom. The molecule has 0 amide bonds. The Hall–Kier alpha value is -3.58. The van der Waals surface area contributed by atoms with Gasteiger partial charge in [-0.25, -0.2) is 15.0 Å². The standard InChI is InChI=1S/C23H22N6O/c1-28-22(30)13-20(19-8-9-24-15-26-19)27-23(28)29-11-10-25-21(14-29)18-7-6-16-4-2-3-5-17(16)12-18/h2-9,12-13,15,21,25H,10-11,14H2,1H3. The third-order valence-electron chi connectivity index (χ3n) is 5.59. The first-order chi connectivity index (χ1) is 14.7. The molecule has 1 saturated heterocycles. The topological polar surface area (TPSA) is 75.9 Å². The van der Waals surface area contributed by atoms with Gasteiger partial charge in [0.25, 0.3) is 5.56 Å². The van der Waals surface area contributed by atoms with Crippen LogP contribution in [0.4, 0.5) is 5.95 Å². The predicted octanol–water partition coefficient (Wildman–Crippen LogP) is 2.54. The Balaban J connectivity index is 1.48. The zero-order valence-corrected chi connectivity index (χ0v) is 16.7. The van der Waals surface area contributed by atoms with E-state index >= 15 is 0 Å². The van der Waals surface area contributed by atoms with Crippen LogP contribution in [0.2, 0.25) is 0 Å². The van der Waals surface area contributed by atoms with Crippen molar-refractivity contribution in [2.45, 2.75) is 6.04 Å². The molecule has 1 atom stereocenters. The van der Waals surface area contributed by atoms with Gasteiger partial charge in [-0.2, -0.15) is 0 Å². The summed E-state index contributed by atoms with van der Waals surface area (Å²) in [5.74, 6) is 0.656. The maximum atomic E-state index is 12.6. The van der Waals surface area contributed by atoms with Crippen molar-refractivity contribution in [2.24, 2.45) is 7.05 Å². The maximum Gasteiger partial charge on any atom is 0.255 e. The minimum Gasteiger partial charge on any atom is -0.339 e. The van der Waals surface area contributed by atoms with Gasteiger partial charge >= 0.3 is 0 Å². The second-order valence-electron chi connectivity index (χ2n) is 7.49. The molecule has 0 bridgehead atoms. The third-order valence-corrected chi connectivity index (χ3v) is 5.59. The largest absolute Gasteiger partial charge is 0.339 e. The molecule has 2 aromatic carbocycles. The van der Waals surface area contributed by atoms with E-state index in [0.717, 1.165) is 19.6 Å². The van der Waals surface area contributed by atoms with Gasteiger partial charge in [0.05, 0.1) is 11.4 Å². The second kappa shape index (κ2) is 7.68. The Bertz CT molecular complexity index is 1250. The van der Waals surface area contributed by atoms with Crippen LogP contribution < -0.4 is 15.8 Å². The van der Waals surface area contributed by atoms with E-state index in [-0.39, 0.29) is 11.6 Å². The summed E-state index contributed by atoms with van der Waals surface area (Å²) < 4.78 is 1.60. The van der Waals surface area contributed by atoms with Gasteiger partial charge in [0, 0.05) is 45.0 Å². The SMILES string of the molecule is Cn1c(N2CCNC(c3ccc4ccccc4c3)C2)nc(-c2ccncn2)cc1=O. The summed E-state index contributed by atoms with van der Waals surface area (Å²) in [5, 5.41) is 6.06. The number of anilines is 1. The fraction of sp³-hybridized carbons (Fsp3) is 0.217. The maximum absolute atomic E-state index is 12.6. The van der Waals surface area contributed by atoms with Crippen molar-refractivity contribution in [2.75, 3.05) is 24.5 Å². The Labute approximate surface area is 174 Å². The van der Waals surface area contributed by atoms with Crippen LogP contribution in [-0.4, -0.2) is 39.2 Å². The lowest BCUT2D eigenvalue weighted by molar-refractivity contribution is 0.462. The highest BCUT2D eigenvalue weighted by molar-refractivity contribution is 5.83. The van der Waals surface area contributed by atoms with Crippen molar-refractivity contribution in [3.05, 3.63) is 83.0 Å². The minimum atomic E-state index is -0.102. The van der Waals surface area contributed by atoms with Gasteiger partial charge < -0.3 is 10.2 Å². The molecule has 2 aromatic heterocycles. The van der Waals surface area contributed by atoms with E-state index in [0.29, 0.717) is 17.3 Å². The third kappa shape index (κ3) is 3.44. The highest BCUT2D eigenvalue weighted by atomic mass is 16.1. The van der Waals surface area contributed by atoms with Crippen molar-refractivity contribution in [1.82, 2.24) is 24.8 Å². The number of benzene rings is 2. The first-order valence-electron chi connectivity index (χ1n) is 10.0. The summed E-state index contributed by atoms with van der Waals surface area (Å²) in [5.41, 5.74) is 2.34. The molecule has 0 saturated carbocycles. The van der Waals surface area contributed by atoms with Crippen LogP contribution >= 0.6 is 0 Å². The molecule has 150 valence electrons. The number of hydrogen-bond acceptors (Lipinski definition) is 6. The van der Waals surface area contributed by atoms with Crippen molar-refractivity contribution in [1.29, 1.82) is 0 Å². The highest BCUT2D eigenvalue weighted by Gasteiger charge is 2.24. The van der Waals surface area contributed by atoms with Gasteiger partial charge in [-0.3, -0.25) is 9.36 Å². The molecule has 4 aromatic rings. The quantitative estimate of drug-likeness (QED) is 0.572. The molecule has 1 fully saturated rings.